The molecule has 0 bridgehead atoms. The Balaban J connectivity index is 1.37. The zero-order valence-corrected chi connectivity index (χ0v) is 19.8. The van der Waals surface area contributed by atoms with E-state index in [1.807, 2.05) is 6.92 Å². The molecule has 5 N–H and O–H groups in total. The van der Waals surface area contributed by atoms with Crippen LogP contribution in [0.4, 0.5) is 0 Å². The number of hydrogen-bond donors (Lipinski definition) is 4. The lowest BCUT2D eigenvalue weighted by Gasteiger charge is -2.47. The van der Waals surface area contributed by atoms with Gasteiger partial charge in [-0.25, -0.2) is 0 Å². The first-order valence-electron chi connectivity index (χ1n) is 12.4. The number of amides is 1. The molecule has 4 aliphatic rings. The Bertz CT molecular complexity index is 750. The van der Waals surface area contributed by atoms with E-state index in [1.54, 1.807) is 0 Å². The van der Waals surface area contributed by atoms with Gasteiger partial charge in [0.05, 0.1) is 18.3 Å². The lowest BCUT2D eigenvalue weighted by atomic mass is 9.77. The maximum Gasteiger partial charge on any atom is 0.224 e. The van der Waals surface area contributed by atoms with Gasteiger partial charge in [-0.1, -0.05) is 12.8 Å². The number of nitrogens with one attached hydrogen (secondary N) is 2. The predicted molar refractivity (Wildman–Crippen MR) is 124 cm³/mol. The zero-order chi connectivity index (χ0) is 22.9. The highest BCUT2D eigenvalue weighted by atomic mass is 16.5. The number of aliphatic hydroxyl groups excluding tert-OH is 1. The van der Waals surface area contributed by atoms with Gasteiger partial charge < -0.3 is 31.1 Å². The standard InChI is InChI=1S/C24H41N5O3/c1-4-32-20-9-10-21(26-17(20)3)28-13-14-29(16(2)15-28)23(31)19-8-6-5-7-18(19)22(30)27-24(25)11-12-24/h9-10,16-19,23,26,31H,4-8,11-15,25H2,1-3H3,(H,27,30)/t16-,17?,18+,19-,23?/m1/s1. The molecule has 4 rings (SSSR count). The van der Waals surface area contributed by atoms with Gasteiger partial charge in [0.15, 0.2) is 0 Å². The number of nitrogens with two attached hydrogens (primary N) is 1. The van der Waals surface area contributed by atoms with Crippen LogP contribution in [-0.4, -0.2) is 71.0 Å². The van der Waals surface area contributed by atoms with Gasteiger partial charge in [-0.2, -0.15) is 0 Å². The van der Waals surface area contributed by atoms with Gasteiger partial charge in [0.1, 0.15) is 17.8 Å². The number of carbonyl (C=O) groups excluding carboxylic acids is 1. The van der Waals surface area contributed by atoms with E-state index in [2.05, 4.69) is 46.4 Å². The molecular weight excluding hydrogens is 406 g/mol. The molecule has 1 amide bonds. The van der Waals surface area contributed by atoms with Gasteiger partial charge in [-0.05, 0) is 58.6 Å². The second kappa shape index (κ2) is 9.61. The average molecular weight is 448 g/mol. The van der Waals surface area contributed by atoms with E-state index in [4.69, 9.17) is 10.5 Å². The van der Waals surface area contributed by atoms with E-state index < -0.39 is 11.9 Å². The topological polar surface area (TPSA) is 103 Å². The number of piperazine rings is 1. The summed E-state index contributed by atoms with van der Waals surface area (Å²) in [5, 5.41) is 18.0. The summed E-state index contributed by atoms with van der Waals surface area (Å²) < 4.78 is 5.68. The van der Waals surface area contributed by atoms with Crippen LogP contribution in [0.2, 0.25) is 0 Å². The summed E-state index contributed by atoms with van der Waals surface area (Å²) in [5.74, 6) is 1.90. The summed E-state index contributed by atoms with van der Waals surface area (Å²) in [6.45, 7) is 9.38. The molecule has 0 radical (unpaired) electrons. The number of allylic oxidation sites excluding steroid dienone is 2. The van der Waals surface area contributed by atoms with E-state index in [9.17, 15) is 9.90 Å². The van der Waals surface area contributed by atoms with E-state index in [1.165, 1.54) is 0 Å². The maximum atomic E-state index is 12.9. The van der Waals surface area contributed by atoms with Crippen molar-refractivity contribution in [1.29, 1.82) is 0 Å². The average Bonchev–Trinajstić information content (AvgIpc) is 3.51. The number of dihydropyridines is 1. The molecule has 32 heavy (non-hydrogen) atoms. The molecule has 1 saturated heterocycles. The number of hydrogen-bond acceptors (Lipinski definition) is 7. The minimum Gasteiger partial charge on any atom is -0.496 e. The Morgan fingerprint density at radius 2 is 2.06 bits per heavy atom. The summed E-state index contributed by atoms with van der Waals surface area (Å²) in [6.07, 6.45) is 9.07. The first-order chi connectivity index (χ1) is 15.3. The van der Waals surface area contributed by atoms with Crippen LogP contribution in [-0.2, 0) is 9.53 Å². The van der Waals surface area contributed by atoms with Crippen LogP contribution in [0.5, 0.6) is 0 Å². The Morgan fingerprint density at radius 3 is 2.72 bits per heavy atom. The summed E-state index contributed by atoms with van der Waals surface area (Å²) in [5.41, 5.74) is 5.63. The summed E-state index contributed by atoms with van der Waals surface area (Å²) in [4.78, 5) is 17.5. The minimum absolute atomic E-state index is 0.0301. The number of rotatable bonds is 7. The number of nitrogens with zero attached hydrogens (tertiary/aromatic N) is 2. The number of aliphatic hydroxyl groups is 1. The van der Waals surface area contributed by atoms with Crippen molar-refractivity contribution in [2.24, 2.45) is 17.6 Å². The van der Waals surface area contributed by atoms with Gasteiger partial charge in [-0.3, -0.25) is 9.69 Å². The van der Waals surface area contributed by atoms with Crippen LogP contribution in [0.3, 0.4) is 0 Å². The normalized spacial score (nSPS) is 33.5. The van der Waals surface area contributed by atoms with Crippen molar-refractivity contribution in [3.8, 4) is 0 Å². The molecule has 0 aromatic rings. The fourth-order valence-electron chi connectivity index (χ4n) is 5.45. The van der Waals surface area contributed by atoms with Crippen molar-refractivity contribution in [1.82, 2.24) is 20.4 Å². The molecule has 8 nitrogen and oxygen atoms in total. The monoisotopic (exact) mass is 447 g/mol. The highest BCUT2D eigenvalue weighted by Gasteiger charge is 2.45. The molecular formula is C24H41N5O3. The van der Waals surface area contributed by atoms with Crippen LogP contribution in [0.1, 0.15) is 59.3 Å². The van der Waals surface area contributed by atoms with Gasteiger partial charge in [-0.15, -0.1) is 0 Å². The second-order valence-electron chi connectivity index (χ2n) is 10.1. The van der Waals surface area contributed by atoms with Gasteiger partial charge in [0.25, 0.3) is 0 Å². The Kier molecular flexibility index (Phi) is 7.03. The van der Waals surface area contributed by atoms with E-state index in [0.29, 0.717) is 6.61 Å². The molecule has 0 aromatic carbocycles. The molecule has 2 aliphatic heterocycles. The predicted octanol–water partition coefficient (Wildman–Crippen LogP) is 1.44. The molecule has 8 heteroatoms. The summed E-state index contributed by atoms with van der Waals surface area (Å²) in [7, 11) is 0. The third-order valence-electron chi connectivity index (χ3n) is 7.57. The summed E-state index contributed by atoms with van der Waals surface area (Å²) in [6, 6.07) is 0.330. The Hall–Kier alpha value is -1.77. The van der Waals surface area contributed by atoms with Gasteiger partial charge in [0.2, 0.25) is 5.91 Å². The molecule has 2 heterocycles. The molecule has 3 fully saturated rings. The van der Waals surface area contributed by atoms with Crippen molar-refractivity contribution in [2.75, 3.05) is 26.2 Å². The van der Waals surface area contributed by atoms with Crippen LogP contribution >= 0.6 is 0 Å². The third kappa shape index (κ3) is 5.07. The van der Waals surface area contributed by atoms with Gasteiger partial charge >= 0.3 is 0 Å². The molecule has 5 atom stereocenters. The van der Waals surface area contributed by atoms with Crippen LogP contribution < -0.4 is 16.4 Å². The van der Waals surface area contributed by atoms with Gasteiger partial charge in [0, 0.05) is 37.5 Å². The molecule has 0 aromatic heterocycles. The summed E-state index contributed by atoms with van der Waals surface area (Å²) >= 11 is 0. The molecule has 180 valence electrons. The van der Waals surface area contributed by atoms with Crippen LogP contribution in [0.15, 0.2) is 23.7 Å². The number of carbonyl (C=O) groups is 1. The van der Waals surface area contributed by atoms with Crippen molar-refractivity contribution >= 4 is 5.91 Å². The quantitative estimate of drug-likeness (QED) is 0.438. The molecule has 2 unspecified atom stereocenters. The van der Waals surface area contributed by atoms with E-state index in [-0.39, 0.29) is 29.8 Å². The Morgan fingerprint density at radius 1 is 1.31 bits per heavy atom. The van der Waals surface area contributed by atoms with Crippen LogP contribution in [0.25, 0.3) is 0 Å². The fraction of sp³-hybridized carbons (Fsp3) is 0.792. The highest BCUT2D eigenvalue weighted by Crippen LogP contribution is 2.37. The fourth-order valence-corrected chi connectivity index (χ4v) is 5.45. The highest BCUT2D eigenvalue weighted by molar-refractivity contribution is 5.80. The largest absolute Gasteiger partial charge is 0.496 e. The van der Waals surface area contributed by atoms with Crippen molar-refractivity contribution in [3.63, 3.8) is 0 Å². The first kappa shape index (κ1) is 23.4. The van der Waals surface area contributed by atoms with E-state index in [0.717, 1.165) is 69.7 Å². The minimum atomic E-state index is -0.604. The zero-order valence-electron chi connectivity index (χ0n) is 19.8. The first-order valence-corrected chi connectivity index (χ1v) is 12.4. The lowest BCUT2D eigenvalue weighted by Crippen LogP contribution is -2.60. The maximum absolute atomic E-state index is 12.9. The lowest BCUT2D eigenvalue weighted by molar-refractivity contribution is -0.140. The van der Waals surface area contributed by atoms with Crippen molar-refractivity contribution < 1.29 is 14.6 Å². The van der Waals surface area contributed by atoms with Crippen molar-refractivity contribution in [3.05, 3.63) is 23.7 Å². The smallest absolute Gasteiger partial charge is 0.224 e. The van der Waals surface area contributed by atoms with E-state index >= 15 is 0 Å². The van der Waals surface area contributed by atoms with Crippen LogP contribution in [0, 0.1) is 11.8 Å². The number of ether oxygens (including phenoxy) is 1. The third-order valence-corrected chi connectivity index (χ3v) is 7.57. The molecule has 0 spiro atoms. The van der Waals surface area contributed by atoms with Crippen molar-refractivity contribution in [2.45, 2.75) is 83.3 Å². The molecule has 2 saturated carbocycles. The Labute approximate surface area is 192 Å². The SMILES string of the molecule is CCOC1=CC=C(N2CCN(C(O)[C@@H]3CCCC[C@@H]3C(=O)NC3(N)CC3)[C@H](C)C2)NC1C. The second-order valence-corrected chi connectivity index (χ2v) is 10.1. The molecule has 2 aliphatic carbocycles.